The second-order valence-electron chi connectivity index (χ2n) is 4.92. The van der Waals surface area contributed by atoms with Gasteiger partial charge in [-0.05, 0) is 43.0 Å². The number of hydrogen-bond donors (Lipinski definition) is 1. The first kappa shape index (κ1) is 15.4. The van der Waals surface area contributed by atoms with Crippen LogP contribution in [0.2, 0.25) is 0 Å². The molecule has 0 bridgehead atoms. The molecule has 1 N–H and O–H groups in total. The minimum absolute atomic E-state index is 0.145. The Kier molecular flexibility index (Phi) is 4.16. The molecule has 1 unspecified atom stereocenters. The Balaban J connectivity index is 2.29. The number of carbonyl (C=O) groups is 1. The van der Waals surface area contributed by atoms with Crippen molar-refractivity contribution in [3.8, 4) is 0 Å². The van der Waals surface area contributed by atoms with Crippen molar-refractivity contribution >= 4 is 21.9 Å². The Bertz CT molecular complexity index is 533. The van der Waals surface area contributed by atoms with Gasteiger partial charge in [0, 0.05) is 10.9 Å². The second-order valence-corrected chi connectivity index (χ2v) is 5.83. The van der Waals surface area contributed by atoms with Crippen LogP contribution in [0.3, 0.4) is 0 Å². The summed E-state index contributed by atoms with van der Waals surface area (Å²) in [6, 6.07) is 5.26. The van der Waals surface area contributed by atoms with Crippen LogP contribution in [0.25, 0.3) is 0 Å². The molecule has 0 heterocycles. The van der Waals surface area contributed by atoms with Crippen LogP contribution in [0.1, 0.15) is 24.5 Å². The lowest BCUT2D eigenvalue weighted by atomic mass is 9.76. The first-order valence-corrected chi connectivity index (χ1v) is 7.14. The van der Waals surface area contributed by atoms with E-state index in [1.807, 2.05) is 6.07 Å². The molecule has 0 saturated heterocycles. The number of fused-ring (bicyclic) bond motifs is 1. The number of halogens is 3. The van der Waals surface area contributed by atoms with Crippen LogP contribution >= 0.6 is 15.9 Å². The molecular formula is C14H15BrF2O3. The summed E-state index contributed by atoms with van der Waals surface area (Å²) in [5, 5.41) is 10.2. The lowest BCUT2D eigenvalue weighted by Gasteiger charge is -2.38. The maximum absolute atomic E-state index is 14.1. The van der Waals surface area contributed by atoms with Crippen molar-refractivity contribution in [1.29, 1.82) is 0 Å². The molecule has 2 rings (SSSR count). The first-order chi connectivity index (χ1) is 9.30. The number of hydrogen-bond acceptors (Lipinski definition) is 3. The van der Waals surface area contributed by atoms with Gasteiger partial charge in [-0.25, -0.2) is 4.79 Å². The van der Waals surface area contributed by atoms with Gasteiger partial charge in [-0.15, -0.1) is 0 Å². The molecule has 1 aromatic rings. The topological polar surface area (TPSA) is 46.5 Å². The fraction of sp³-hybridized carbons (Fsp3) is 0.500. The predicted molar refractivity (Wildman–Crippen MR) is 72.7 cm³/mol. The van der Waals surface area contributed by atoms with Crippen LogP contribution in [-0.2, 0) is 22.4 Å². The third kappa shape index (κ3) is 2.59. The van der Waals surface area contributed by atoms with Gasteiger partial charge in [0.15, 0.2) is 0 Å². The number of alkyl halides is 2. The molecule has 0 amide bonds. The van der Waals surface area contributed by atoms with Gasteiger partial charge in [0.05, 0.1) is 6.61 Å². The molecule has 6 heteroatoms. The van der Waals surface area contributed by atoms with Crippen molar-refractivity contribution < 1.29 is 23.4 Å². The zero-order valence-corrected chi connectivity index (χ0v) is 12.5. The molecule has 0 fully saturated rings. The minimum Gasteiger partial charge on any atom is -0.461 e. The van der Waals surface area contributed by atoms with E-state index in [0.717, 1.165) is 10.0 Å². The highest BCUT2D eigenvalue weighted by Gasteiger charge is 2.60. The van der Waals surface area contributed by atoms with Crippen molar-refractivity contribution in [3.63, 3.8) is 0 Å². The van der Waals surface area contributed by atoms with E-state index in [4.69, 9.17) is 0 Å². The fourth-order valence-electron chi connectivity index (χ4n) is 2.42. The molecule has 0 spiro atoms. The number of benzene rings is 1. The number of aliphatic hydroxyl groups is 1. The average molecular weight is 349 g/mol. The van der Waals surface area contributed by atoms with Gasteiger partial charge in [0.2, 0.25) is 0 Å². The van der Waals surface area contributed by atoms with E-state index in [1.165, 1.54) is 6.92 Å². The number of esters is 1. The van der Waals surface area contributed by atoms with Gasteiger partial charge in [0.25, 0.3) is 0 Å². The molecule has 0 aliphatic heterocycles. The summed E-state index contributed by atoms with van der Waals surface area (Å²) >= 11 is 3.32. The molecule has 110 valence electrons. The molecule has 0 aromatic heterocycles. The molecule has 0 radical (unpaired) electrons. The fourth-order valence-corrected chi connectivity index (χ4v) is 2.83. The summed E-state index contributed by atoms with van der Waals surface area (Å²) in [5.74, 6) is -5.57. The smallest absolute Gasteiger partial charge is 0.380 e. The Hall–Kier alpha value is -1.01. The van der Waals surface area contributed by atoms with Gasteiger partial charge >= 0.3 is 11.9 Å². The van der Waals surface area contributed by atoms with E-state index >= 15 is 0 Å². The van der Waals surface area contributed by atoms with Gasteiger partial charge in [-0.1, -0.05) is 22.0 Å². The lowest BCUT2D eigenvalue weighted by Crippen LogP contribution is -2.56. The molecule has 1 atom stereocenters. The normalized spacial score (nSPS) is 22.2. The van der Waals surface area contributed by atoms with Crippen molar-refractivity contribution in [3.05, 3.63) is 33.8 Å². The molecule has 1 aromatic carbocycles. The third-order valence-corrected chi connectivity index (χ3v) is 4.07. The zero-order valence-electron chi connectivity index (χ0n) is 11.0. The molecule has 1 aliphatic carbocycles. The van der Waals surface area contributed by atoms with Crippen LogP contribution < -0.4 is 0 Å². The van der Waals surface area contributed by atoms with E-state index in [9.17, 15) is 18.7 Å². The largest absolute Gasteiger partial charge is 0.461 e. The van der Waals surface area contributed by atoms with E-state index in [-0.39, 0.29) is 19.4 Å². The highest BCUT2D eigenvalue weighted by Crippen LogP contribution is 2.41. The minimum atomic E-state index is -3.91. The maximum atomic E-state index is 14.1. The summed E-state index contributed by atoms with van der Waals surface area (Å²) in [4.78, 5) is 11.4. The molecule has 1 aliphatic rings. The number of ether oxygens (including phenoxy) is 1. The monoisotopic (exact) mass is 348 g/mol. The quantitative estimate of drug-likeness (QED) is 0.854. The van der Waals surface area contributed by atoms with Crippen molar-refractivity contribution in [2.75, 3.05) is 6.61 Å². The Morgan fingerprint density at radius 1 is 1.50 bits per heavy atom. The van der Waals surface area contributed by atoms with Crippen LogP contribution in [0.5, 0.6) is 0 Å². The van der Waals surface area contributed by atoms with E-state index in [0.29, 0.717) is 12.0 Å². The SMILES string of the molecule is CCOC(=O)C(F)(F)C1(O)CCc2cc(Br)ccc2C1. The second kappa shape index (κ2) is 5.41. The Labute approximate surface area is 124 Å². The van der Waals surface area contributed by atoms with E-state index < -0.39 is 17.5 Å². The highest BCUT2D eigenvalue weighted by atomic mass is 79.9. The molecule has 20 heavy (non-hydrogen) atoms. The Morgan fingerprint density at radius 2 is 2.20 bits per heavy atom. The van der Waals surface area contributed by atoms with Crippen molar-refractivity contribution in [2.45, 2.75) is 37.7 Å². The van der Waals surface area contributed by atoms with E-state index in [2.05, 4.69) is 20.7 Å². The third-order valence-electron chi connectivity index (χ3n) is 3.58. The van der Waals surface area contributed by atoms with Gasteiger partial charge in [0.1, 0.15) is 5.60 Å². The average Bonchev–Trinajstić information content (AvgIpc) is 2.39. The summed E-state index contributed by atoms with van der Waals surface area (Å²) in [7, 11) is 0. The number of rotatable bonds is 3. The van der Waals surface area contributed by atoms with Gasteiger partial charge < -0.3 is 9.84 Å². The van der Waals surface area contributed by atoms with Crippen LogP contribution in [0.15, 0.2) is 22.7 Å². The predicted octanol–water partition coefficient (Wildman–Crippen LogP) is 2.87. The van der Waals surface area contributed by atoms with Crippen LogP contribution in [0, 0.1) is 0 Å². The first-order valence-electron chi connectivity index (χ1n) is 6.35. The summed E-state index contributed by atoms with van der Waals surface area (Å²) in [6.07, 6.45) is -0.149. The number of aryl methyl sites for hydroxylation is 1. The summed E-state index contributed by atoms with van der Waals surface area (Å²) < 4.78 is 33.5. The Morgan fingerprint density at radius 3 is 2.85 bits per heavy atom. The summed E-state index contributed by atoms with van der Waals surface area (Å²) in [5.41, 5.74) is -0.852. The van der Waals surface area contributed by atoms with Gasteiger partial charge in [-0.3, -0.25) is 0 Å². The molecule has 3 nitrogen and oxygen atoms in total. The van der Waals surface area contributed by atoms with Crippen molar-refractivity contribution in [1.82, 2.24) is 0 Å². The van der Waals surface area contributed by atoms with Gasteiger partial charge in [-0.2, -0.15) is 8.78 Å². The maximum Gasteiger partial charge on any atom is 0.380 e. The molecule has 0 saturated carbocycles. The number of carbonyl (C=O) groups excluding carboxylic acids is 1. The van der Waals surface area contributed by atoms with Crippen molar-refractivity contribution in [2.24, 2.45) is 0 Å². The highest BCUT2D eigenvalue weighted by molar-refractivity contribution is 9.10. The standard InChI is InChI=1S/C14H15BrF2O3/c1-2-20-12(18)14(16,17)13(19)6-5-9-7-11(15)4-3-10(9)8-13/h3-4,7,19H,2,5-6,8H2,1H3. The van der Waals surface area contributed by atoms with Crippen LogP contribution in [0.4, 0.5) is 8.78 Å². The zero-order chi connectivity index (χ0) is 15.0. The lowest BCUT2D eigenvalue weighted by molar-refractivity contribution is -0.216. The molecular weight excluding hydrogens is 334 g/mol. The summed E-state index contributed by atoms with van der Waals surface area (Å²) in [6.45, 7) is 1.31. The van der Waals surface area contributed by atoms with Crippen LogP contribution in [-0.4, -0.2) is 29.2 Å². The van der Waals surface area contributed by atoms with E-state index in [1.54, 1.807) is 12.1 Å².